The van der Waals surface area contributed by atoms with Crippen molar-refractivity contribution in [3.63, 3.8) is 0 Å². The molecule has 0 amide bonds. The summed E-state index contributed by atoms with van der Waals surface area (Å²) in [5, 5.41) is 7.05. The van der Waals surface area contributed by atoms with Gasteiger partial charge in [-0.15, -0.1) is 0 Å². The number of hydrogen-bond donors (Lipinski definition) is 2. The molecule has 0 bridgehead atoms. The molecule has 0 aliphatic carbocycles. The first kappa shape index (κ1) is 13.8. The molecule has 3 nitrogen and oxygen atoms in total. The fourth-order valence-electron chi connectivity index (χ4n) is 2.47. The van der Waals surface area contributed by atoms with Crippen LogP contribution in [0.3, 0.4) is 0 Å². The summed E-state index contributed by atoms with van der Waals surface area (Å²) in [4.78, 5) is 4.52. The molecule has 1 aromatic heterocycles. The van der Waals surface area contributed by atoms with Crippen molar-refractivity contribution in [3.8, 4) is 0 Å². The van der Waals surface area contributed by atoms with Gasteiger partial charge in [0, 0.05) is 17.1 Å². The third-order valence-electron chi connectivity index (χ3n) is 3.84. The molecule has 0 spiro atoms. The van der Waals surface area contributed by atoms with Crippen LogP contribution in [-0.2, 0) is 0 Å². The first-order valence-corrected chi connectivity index (χ1v) is 7.39. The van der Waals surface area contributed by atoms with Crippen molar-refractivity contribution in [1.29, 1.82) is 0 Å². The van der Waals surface area contributed by atoms with Gasteiger partial charge in [-0.1, -0.05) is 13.8 Å². The van der Waals surface area contributed by atoms with Gasteiger partial charge >= 0.3 is 0 Å². The van der Waals surface area contributed by atoms with Crippen LogP contribution < -0.4 is 10.6 Å². The van der Waals surface area contributed by atoms with Gasteiger partial charge in [-0.25, -0.2) is 4.98 Å². The third kappa shape index (κ3) is 3.23. The maximum Gasteiger partial charge on any atom is 0.126 e. The Hall–Kier alpha value is -0.610. The highest BCUT2D eigenvalue weighted by atomic mass is 79.9. The molecule has 0 aromatic carbocycles. The van der Waals surface area contributed by atoms with Gasteiger partial charge in [-0.05, 0) is 59.8 Å². The Morgan fingerprint density at radius 2 is 2.28 bits per heavy atom. The number of piperidine rings is 1. The minimum absolute atomic E-state index is 0.357. The zero-order valence-electron chi connectivity index (χ0n) is 11.4. The lowest BCUT2D eigenvalue weighted by Crippen LogP contribution is -2.50. The molecule has 1 aliphatic rings. The molecule has 100 valence electrons. The van der Waals surface area contributed by atoms with Crippen molar-refractivity contribution in [1.82, 2.24) is 10.3 Å². The fourth-order valence-corrected chi connectivity index (χ4v) is 2.69. The van der Waals surface area contributed by atoms with Crippen molar-refractivity contribution < 1.29 is 0 Å². The molecule has 0 radical (unpaired) electrons. The van der Waals surface area contributed by atoms with E-state index in [1.165, 1.54) is 12.8 Å². The molecule has 0 saturated carbocycles. The zero-order chi connectivity index (χ0) is 13.2. The van der Waals surface area contributed by atoms with Crippen LogP contribution in [0.4, 0.5) is 5.82 Å². The summed E-state index contributed by atoms with van der Waals surface area (Å²) in [7, 11) is 0. The minimum Gasteiger partial charge on any atom is -0.368 e. The first-order chi connectivity index (χ1) is 8.49. The molecule has 2 N–H and O–H groups in total. The first-order valence-electron chi connectivity index (χ1n) is 6.59. The molecule has 1 aromatic rings. The number of nitrogens with zero attached hydrogens (tertiary/aromatic N) is 1. The van der Waals surface area contributed by atoms with E-state index in [1.807, 2.05) is 19.1 Å². The summed E-state index contributed by atoms with van der Waals surface area (Å²) in [6, 6.07) is 4.58. The van der Waals surface area contributed by atoms with Gasteiger partial charge in [0.1, 0.15) is 5.82 Å². The molecule has 2 rings (SSSR count). The van der Waals surface area contributed by atoms with Gasteiger partial charge in [0.2, 0.25) is 0 Å². The van der Waals surface area contributed by atoms with Crippen molar-refractivity contribution in [2.75, 3.05) is 18.4 Å². The van der Waals surface area contributed by atoms with Crippen LogP contribution in [-0.4, -0.2) is 24.1 Å². The number of aromatic nitrogens is 1. The van der Waals surface area contributed by atoms with E-state index in [0.717, 1.165) is 29.1 Å². The lowest BCUT2D eigenvalue weighted by atomic mass is 9.77. The number of aryl methyl sites for hydroxylation is 1. The van der Waals surface area contributed by atoms with Gasteiger partial charge in [0.05, 0.1) is 5.69 Å². The Bertz CT molecular complexity index is 418. The lowest BCUT2D eigenvalue weighted by molar-refractivity contribution is 0.188. The van der Waals surface area contributed by atoms with Crippen molar-refractivity contribution in [2.45, 2.75) is 39.7 Å². The topological polar surface area (TPSA) is 37.0 Å². The second-order valence-corrected chi connectivity index (χ2v) is 6.60. The number of halogens is 1. The number of rotatable bonds is 3. The second-order valence-electron chi connectivity index (χ2n) is 5.74. The summed E-state index contributed by atoms with van der Waals surface area (Å²) >= 11 is 3.47. The van der Waals surface area contributed by atoms with Gasteiger partial charge in [-0.2, -0.15) is 0 Å². The Labute approximate surface area is 118 Å². The maximum absolute atomic E-state index is 4.52. The van der Waals surface area contributed by atoms with Gasteiger partial charge in [-0.3, -0.25) is 0 Å². The summed E-state index contributed by atoms with van der Waals surface area (Å²) < 4.78 is 1.06. The molecule has 1 fully saturated rings. The molecular weight excluding hydrogens is 290 g/mol. The van der Waals surface area contributed by atoms with Gasteiger partial charge in [0.25, 0.3) is 0 Å². The van der Waals surface area contributed by atoms with Crippen LogP contribution in [0.1, 0.15) is 32.4 Å². The van der Waals surface area contributed by atoms with Crippen LogP contribution >= 0.6 is 15.9 Å². The van der Waals surface area contributed by atoms with E-state index >= 15 is 0 Å². The van der Waals surface area contributed by atoms with E-state index in [2.05, 4.69) is 45.4 Å². The van der Waals surface area contributed by atoms with Crippen molar-refractivity contribution in [2.24, 2.45) is 5.41 Å². The Morgan fingerprint density at radius 3 is 2.94 bits per heavy atom. The van der Waals surface area contributed by atoms with Gasteiger partial charge < -0.3 is 10.6 Å². The molecular formula is C14H22BrN3. The standard InChI is InChI=1S/C14H22BrN3/c1-10-11(15)5-6-13(18-10)17-9-12-14(2,3)7-4-8-16-12/h5-6,12,16H,4,7-9H2,1-3H3,(H,17,18). The van der Waals surface area contributed by atoms with Crippen LogP contribution in [0, 0.1) is 12.3 Å². The molecule has 1 unspecified atom stereocenters. The van der Waals surface area contributed by atoms with E-state index in [9.17, 15) is 0 Å². The quantitative estimate of drug-likeness (QED) is 0.899. The van der Waals surface area contributed by atoms with E-state index in [0.29, 0.717) is 11.5 Å². The summed E-state index contributed by atoms with van der Waals surface area (Å²) in [5.41, 5.74) is 1.38. The van der Waals surface area contributed by atoms with E-state index < -0.39 is 0 Å². The van der Waals surface area contributed by atoms with E-state index in [1.54, 1.807) is 0 Å². The van der Waals surface area contributed by atoms with Crippen LogP contribution in [0.5, 0.6) is 0 Å². The van der Waals surface area contributed by atoms with E-state index in [-0.39, 0.29) is 0 Å². The molecule has 2 heterocycles. The molecule has 18 heavy (non-hydrogen) atoms. The number of hydrogen-bond acceptors (Lipinski definition) is 3. The summed E-state index contributed by atoms with van der Waals surface area (Å²) in [5.74, 6) is 0.957. The SMILES string of the molecule is Cc1nc(NCC2NCCCC2(C)C)ccc1Br. The predicted molar refractivity (Wildman–Crippen MR) is 80.0 cm³/mol. The van der Waals surface area contributed by atoms with Crippen molar-refractivity contribution in [3.05, 3.63) is 22.3 Å². The lowest BCUT2D eigenvalue weighted by Gasteiger charge is -2.39. The van der Waals surface area contributed by atoms with Crippen molar-refractivity contribution >= 4 is 21.7 Å². The zero-order valence-corrected chi connectivity index (χ0v) is 13.0. The third-order valence-corrected chi connectivity index (χ3v) is 4.68. The average molecular weight is 312 g/mol. The second kappa shape index (κ2) is 5.57. The highest BCUT2D eigenvalue weighted by molar-refractivity contribution is 9.10. The average Bonchev–Trinajstić information content (AvgIpc) is 2.31. The minimum atomic E-state index is 0.357. The maximum atomic E-state index is 4.52. The smallest absolute Gasteiger partial charge is 0.126 e. The fraction of sp³-hybridized carbons (Fsp3) is 0.643. The van der Waals surface area contributed by atoms with E-state index in [4.69, 9.17) is 0 Å². The van der Waals surface area contributed by atoms with Crippen LogP contribution in [0.25, 0.3) is 0 Å². The highest BCUT2D eigenvalue weighted by Crippen LogP contribution is 2.30. The molecule has 1 atom stereocenters. The Kier molecular flexibility index (Phi) is 4.28. The summed E-state index contributed by atoms with van der Waals surface area (Å²) in [6.45, 7) is 8.75. The molecule has 4 heteroatoms. The number of anilines is 1. The van der Waals surface area contributed by atoms with Gasteiger partial charge in [0.15, 0.2) is 0 Å². The normalized spacial score (nSPS) is 22.8. The Balaban J connectivity index is 1.96. The van der Waals surface area contributed by atoms with Crippen LogP contribution in [0.15, 0.2) is 16.6 Å². The van der Waals surface area contributed by atoms with Crippen LogP contribution in [0.2, 0.25) is 0 Å². The molecule has 1 saturated heterocycles. The number of nitrogens with one attached hydrogen (secondary N) is 2. The highest BCUT2D eigenvalue weighted by Gasteiger charge is 2.31. The summed E-state index contributed by atoms with van der Waals surface area (Å²) in [6.07, 6.45) is 2.57. The predicted octanol–water partition coefficient (Wildman–Crippen LogP) is 3.34. The largest absolute Gasteiger partial charge is 0.368 e. The number of pyridine rings is 1. The molecule has 1 aliphatic heterocycles. The Morgan fingerprint density at radius 1 is 1.50 bits per heavy atom. The monoisotopic (exact) mass is 311 g/mol.